The average molecular weight is 321 g/mol. The second kappa shape index (κ2) is 7.26. The lowest BCUT2D eigenvalue weighted by atomic mass is 10.2. The lowest BCUT2D eigenvalue weighted by Crippen LogP contribution is -2.00. The molecule has 0 aliphatic carbocycles. The number of ether oxygens (including phenoxy) is 1. The maximum absolute atomic E-state index is 5.71. The molecule has 4 heteroatoms. The minimum Gasteiger partial charge on any atom is -0.372 e. The summed E-state index contributed by atoms with van der Waals surface area (Å²) in [5.41, 5.74) is 2.30. The summed E-state index contributed by atoms with van der Waals surface area (Å²) in [5.74, 6) is 0.896. The van der Waals surface area contributed by atoms with Crippen molar-refractivity contribution < 1.29 is 4.74 Å². The summed E-state index contributed by atoms with van der Waals surface area (Å²) < 4.78 is 6.79. The third-order valence-electron chi connectivity index (χ3n) is 2.63. The summed E-state index contributed by atoms with van der Waals surface area (Å²) in [7, 11) is 0. The van der Waals surface area contributed by atoms with Gasteiger partial charge in [-0.15, -0.1) is 0 Å². The number of benzene rings is 1. The van der Waals surface area contributed by atoms with E-state index < -0.39 is 0 Å². The van der Waals surface area contributed by atoms with Crippen molar-refractivity contribution in [3.05, 3.63) is 58.2 Å². The van der Waals surface area contributed by atoms with E-state index in [4.69, 9.17) is 4.74 Å². The third-order valence-corrected chi connectivity index (χ3v) is 3.16. The first-order valence-electron chi connectivity index (χ1n) is 6.29. The molecular formula is C15H17BrN2O. The minimum absolute atomic E-state index is 0.594. The van der Waals surface area contributed by atoms with E-state index in [1.807, 2.05) is 24.3 Å². The van der Waals surface area contributed by atoms with E-state index in [0.717, 1.165) is 22.4 Å². The summed E-state index contributed by atoms with van der Waals surface area (Å²) in [5, 5.41) is 3.19. The van der Waals surface area contributed by atoms with Gasteiger partial charge in [0.15, 0.2) is 0 Å². The van der Waals surface area contributed by atoms with Crippen molar-refractivity contribution in [1.29, 1.82) is 0 Å². The number of anilines is 1. The Labute approximate surface area is 122 Å². The molecule has 3 nitrogen and oxygen atoms in total. The molecule has 0 saturated heterocycles. The van der Waals surface area contributed by atoms with Gasteiger partial charge < -0.3 is 10.1 Å². The van der Waals surface area contributed by atoms with Gasteiger partial charge in [-0.1, -0.05) is 28.1 Å². The van der Waals surface area contributed by atoms with Gasteiger partial charge in [0.1, 0.15) is 5.82 Å². The Morgan fingerprint density at radius 3 is 2.58 bits per heavy atom. The Morgan fingerprint density at radius 1 is 1.11 bits per heavy atom. The molecule has 19 heavy (non-hydrogen) atoms. The van der Waals surface area contributed by atoms with Gasteiger partial charge in [0.25, 0.3) is 0 Å². The summed E-state index contributed by atoms with van der Waals surface area (Å²) in [4.78, 5) is 4.23. The van der Waals surface area contributed by atoms with E-state index in [9.17, 15) is 0 Å². The van der Waals surface area contributed by atoms with Crippen LogP contribution in [0.1, 0.15) is 18.1 Å². The number of halogens is 1. The first kappa shape index (κ1) is 14.0. The molecule has 1 aromatic carbocycles. The summed E-state index contributed by atoms with van der Waals surface area (Å²) in [6.45, 7) is 4.14. The zero-order chi connectivity index (χ0) is 13.5. The SMILES string of the molecule is CCNc1cc(COCc2ccc(Br)cc2)ccn1. The first-order chi connectivity index (χ1) is 9.28. The molecule has 100 valence electrons. The molecule has 2 rings (SSSR count). The van der Waals surface area contributed by atoms with Gasteiger partial charge in [-0.3, -0.25) is 0 Å². The number of nitrogens with one attached hydrogen (secondary N) is 1. The molecule has 0 bridgehead atoms. The molecule has 0 amide bonds. The van der Waals surface area contributed by atoms with Crippen molar-refractivity contribution in [1.82, 2.24) is 4.98 Å². The molecule has 0 aliphatic heterocycles. The van der Waals surface area contributed by atoms with Crippen LogP contribution in [0, 0.1) is 0 Å². The quantitative estimate of drug-likeness (QED) is 0.873. The predicted molar refractivity (Wildman–Crippen MR) is 81.0 cm³/mol. The van der Waals surface area contributed by atoms with Gasteiger partial charge in [0, 0.05) is 17.2 Å². The predicted octanol–water partition coefficient (Wildman–Crippen LogP) is 3.99. The van der Waals surface area contributed by atoms with Crippen LogP contribution in [0.2, 0.25) is 0 Å². The van der Waals surface area contributed by atoms with E-state index in [1.54, 1.807) is 6.20 Å². The molecule has 0 unspecified atom stereocenters. The van der Waals surface area contributed by atoms with Crippen LogP contribution in [-0.2, 0) is 18.0 Å². The van der Waals surface area contributed by atoms with E-state index in [0.29, 0.717) is 13.2 Å². The summed E-state index contributed by atoms with van der Waals surface area (Å²) >= 11 is 3.42. The molecule has 0 atom stereocenters. The zero-order valence-corrected chi connectivity index (χ0v) is 12.5. The first-order valence-corrected chi connectivity index (χ1v) is 7.08. The number of hydrogen-bond donors (Lipinski definition) is 1. The van der Waals surface area contributed by atoms with E-state index in [1.165, 1.54) is 5.56 Å². The Morgan fingerprint density at radius 2 is 1.84 bits per heavy atom. The van der Waals surface area contributed by atoms with Gasteiger partial charge in [-0.05, 0) is 42.3 Å². The summed E-state index contributed by atoms with van der Waals surface area (Å²) in [6.07, 6.45) is 1.80. The van der Waals surface area contributed by atoms with E-state index in [2.05, 4.69) is 45.3 Å². The van der Waals surface area contributed by atoms with E-state index in [-0.39, 0.29) is 0 Å². The monoisotopic (exact) mass is 320 g/mol. The topological polar surface area (TPSA) is 34.1 Å². The van der Waals surface area contributed by atoms with Crippen molar-refractivity contribution in [3.63, 3.8) is 0 Å². The largest absolute Gasteiger partial charge is 0.372 e. The highest BCUT2D eigenvalue weighted by Crippen LogP contribution is 2.13. The molecule has 1 aromatic heterocycles. The molecule has 0 saturated carbocycles. The molecule has 0 radical (unpaired) electrons. The Balaban J connectivity index is 1.85. The van der Waals surface area contributed by atoms with Crippen LogP contribution in [0.15, 0.2) is 47.1 Å². The van der Waals surface area contributed by atoms with Crippen LogP contribution >= 0.6 is 15.9 Å². The fourth-order valence-electron chi connectivity index (χ4n) is 1.71. The number of hydrogen-bond acceptors (Lipinski definition) is 3. The highest BCUT2D eigenvalue weighted by atomic mass is 79.9. The molecule has 0 spiro atoms. The molecule has 1 N–H and O–H groups in total. The van der Waals surface area contributed by atoms with Crippen LogP contribution in [-0.4, -0.2) is 11.5 Å². The van der Waals surface area contributed by atoms with Crippen molar-refractivity contribution in [3.8, 4) is 0 Å². The Hall–Kier alpha value is -1.39. The van der Waals surface area contributed by atoms with Crippen molar-refractivity contribution in [2.45, 2.75) is 20.1 Å². The van der Waals surface area contributed by atoms with Gasteiger partial charge >= 0.3 is 0 Å². The van der Waals surface area contributed by atoms with Crippen molar-refractivity contribution in [2.24, 2.45) is 0 Å². The fourth-order valence-corrected chi connectivity index (χ4v) is 1.97. The van der Waals surface area contributed by atoms with Crippen molar-refractivity contribution in [2.75, 3.05) is 11.9 Å². The van der Waals surface area contributed by atoms with Gasteiger partial charge in [-0.2, -0.15) is 0 Å². The Bertz CT molecular complexity index is 514. The second-order valence-corrected chi connectivity index (χ2v) is 5.11. The number of pyridine rings is 1. The van der Waals surface area contributed by atoms with Crippen molar-refractivity contribution >= 4 is 21.7 Å². The molecular weight excluding hydrogens is 304 g/mol. The molecule has 0 aliphatic rings. The minimum atomic E-state index is 0.594. The summed E-state index contributed by atoms with van der Waals surface area (Å²) in [6, 6.07) is 12.2. The van der Waals surface area contributed by atoms with E-state index >= 15 is 0 Å². The van der Waals surface area contributed by atoms with Crippen LogP contribution in [0.25, 0.3) is 0 Å². The van der Waals surface area contributed by atoms with Gasteiger partial charge in [-0.25, -0.2) is 4.98 Å². The highest BCUT2D eigenvalue weighted by Gasteiger charge is 1.98. The van der Waals surface area contributed by atoms with Crippen LogP contribution in [0.3, 0.4) is 0 Å². The second-order valence-electron chi connectivity index (χ2n) is 4.20. The Kier molecular flexibility index (Phi) is 5.36. The lowest BCUT2D eigenvalue weighted by molar-refractivity contribution is 0.107. The molecule has 2 aromatic rings. The van der Waals surface area contributed by atoms with Crippen LogP contribution < -0.4 is 5.32 Å². The highest BCUT2D eigenvalue weighted by molar-refractivity contribution is 9.10. The van der Waals surface area contributed by atoms with Gasteiger partial charge in [0.05, 0.1) is 13.2 Å². The van der Waals surface area contributed by atoms with Crippen LogP contribution in [0.4, 0.5) is 5.82 Å². The maximum atomic E-state index is 5.71. The number of rotatable bonds is 6. The third kappa shape index (κ3) is 4.65. The standard InChI is InChI=1S/C15H17BrN2O/c1-2-17-15-9-13(7-8-18-15)11-19-10-12-3-5-14(16)6-4-12/h3-9H,2,10-11H2,1H3,(H,17,18). The zero-order valence-electron chi connectivity index (χ0n) is 10.9. The lowest BCUT2D eigenvalue weighted by Gasteiger charge is -2.07. The fraction of sp³-hybridized carbons (Fsp3) is 0.267. The smallest absolute Gasteiger partial charge is 0.126 e. The average Bonchev–Trinajstić information content (AvgIpc) is 2.42. The number of aromatic nitrogens is 1. The number of nitrogens with zero attached hydrogens (tertiary/aromatic N) is 1. The van der Waals surface area contributed by atoms with Crippen LogP contribution in [0.5, 0.6) is 0 Å². The van der Waals surface area contributed by atoms with Gasteiger partial charge in [0.2, 0.25) is 0 Å². The maximum Gasteiger partial charge on any atom is 0.126 e. The normalized spacial score (nSPS) is 10.4. The molecule has 0 fully saturated rings. The molecule has 1 heterocycles.